The zero-order valence-corrected chi connectivity index (χ0v) is 12.1. The lowest BCUT2D eigenvalue weighted by molar-refractivity contribution is -0.310. The van der Waals surface area contributed by atoms with E-state index in [-0.39, 0.29) is 0 Å². The van der Waals surface area contributed by atoms with Crippen LogP contribution in [0.15, 0.2) is 36.4 Å². The van der Waals surface area contributed by atoms with Crippen molar-refractivity contribution in [2.24, 2.45) is 0 Å². The molecule has 0 aromatic heterocycles. The Morgan fingerprint density at radius 1 is 1.18 bits per heavy atom. The summed E-state index contributed by atoms with van der Waals surface area (Å²) in [6.45, 7) is 1.78. The molecule has 0 aliphatic heterocycles. The van der Waals surface area contributed by atoms with Gasteiger partial charge in [-0.2, -0.15) is 0 Å². The normalized spacial score (nSPS) is 12.9. The Morgan fingerprint density at radius 2 is 1.82 bits per heavy atom. The zero-order valence-electron chi connectivity index (χ0n) is 10.7. The van der Waals surface area contributed by atoms with Crippen molar-refractivity contribution >= 4 is 15.8 Å². The minimum Gasteiger partial charge on any atom is -0.376 e. The summed E-state index contributed by atoms with van der Waals surface area (Å²) in [5.74, 6) is -0.882. The SMILES string of the molecule is COC(C)(OC)O[SiH2]CC=Cc1ccccc1. The van der Waals surface area contributed by atoms with E-state index >= 15 is 0 Å². The first-order valence-electron chi connectivity index (χ1n) is 5.66. The van der Waals surface area contributed by atoms with Gasteiger partial charge in [-0.25, -0.2) is 0 Å². The minimum absolute atomic E-state index is 0.668. The number of hydrogen-bond acceptors (Lipinski definition) is 3. The van der Waals surface area contributed by atoms with E-state index in [0.717, 1.165) is 6.04 Å². The fraction of sp³-hybridized carbons (Fsp3) is 0.385. The third-order valence-electron chi connectivity index (χ3n) is 2.50. The highest BCUT2D eigenvalue weighted by Gasteiger charge is 2.22. The predicted octanol–water partition coefficient (Wildman–Crippen LogP) is 2.18. The highest BCUT2D eigenvalue weighted by molar-refractivity contribution is 6.28. The van der Waals surface area contributed by atoms with Gasteiger partial charge in [-0.15, -0.1) is 0 Å². The molecular formula is C13H20O3Si. The lowest BCUT2D eigenvalue weighted by Crippen LogP contribution is -2.34. The van der Waals surface area contributed by atoms with E-state index in [1.54, 1.807) is 21.1 Å². The summed E-state index contributed by atoms with van der Waals surface area (Å²) < 4.78 is 15.8. The van der Waals surface area contributed by atoms with E-state index in [0.29, 0.717) is 0 Å². The van der Waals surface area contributed by atoms with Gasteiger partial charge in [0, 0.05) is 21.1 Å². The van der Waals surface area contributed by atoms with E-state index in [2.05, 4.69) is 24.3 Å². The summed E-state index contributed by atoms with van der Waals surface area (Å²) in [7, 11) is 2.49. The first-order chi connectivity index (χ1) is 8.20. The molecule has 0 atom stereocenters. The van der Waals surface area contributed by atoms with Crippen LogP contribution in [0.1, 0.15) is 12.5 Å². The average Bonchev–Trinajstić information content (AvgIpc) is 2.39. The van der Waals surface area contributed by atoms with Gasteiger partial charge in [0.15, 0.2) is 9.76 Å². The molecule has 0 spiro atoms. The molecule has 1 aromatic carbocycles. The van der Waals surface area contributed by atoms with Crippen LogP contribution < -0.4 is 0 Å². The molecule has 0 unspecified atom stereocenters. The molecule has 0 fully saturated rings. The molecule has 0 bridgehead atoms. The van der Waals surface area contributed by atoms with Crippen molar-refractivity contribution in [3.8, 4) is 0 Å². The maximum absolute atomic E-state index is 5.61. The second-order valence-electron chi connectivity index (χ2n) is 3.72. The molecule has 94 valence electrons. The minimum atomic E-state index is -0.882. The van der Waals surface area contributed by atoms with E-state index < -0.39 is 15.7 Å². The maximum Gasteiger partial charge on any atom is 0.269 e. The fourth-order valence-corrected chi connectivity index (χ4v) is 2.32. The molecule has 1 rings (SSSR count). The van der Waals surface area contributed by atoms with Gasteiger partial charge in [-0.3, -0.25) is 0 Å². The highest BCUT2D eigenvalue weighted by atomic mass is 28.2. The van der Waals surface area contributed by atoms with E-state index in [9.17, 15) is 0 Å². The van der Waals surface area contributed by atoms with Gasteiger partial charge in [-0.1, -0.05) is 42.5 Å². The second kappa shape index (κ2) is 7.40. The van der Waals surface area contributed by atoms with Crippen molar-refractivity contribution in [3.05, 3.63) is 42.0 Å². The molecule has 0 aliphatic carbocycles. The molecule has 0 saturated heterocycles. The molecule has 3 nitrogen and oxygen atoms in total. The number of allylic oxidation sites excluding steroid dienone is 1. The van der Waals surface area contributed by atoms with Gasteiger partial charge < -0.3 is 13.9 Å². The third kappa shape index (κ3) is 5.28. The van der Waals surface area contributed by atoms with Crippen LogP contribution in [0.5, 0.6) is 0 Å². The Hall–Kier alpha value is -0.943. The van der Waals surface area contributed by atoms with Gasteiger partial charge in [0.25, 0.3) is 5.97 Å². The van der Waals surface area contributed by atoms with Gasteiger partial charge in [0.1, 0.15) is 0 Å². The Bertz CT molecular complexity index is 334. The predicted molar refractivity (Wildman–Crippen MR) is 72.3 cm³/mol. The summed E-state index contributed by atoms with van der Waals surface area (Å²) in [4.78, 5) is 0. The van der Waals surface area contributed by atoms with Crippen molar-refractivity contribution in [2.75, 3.05) is 14.2 Å². The maximum atomic E-state index is 5.61. The lowest BCUT2D eigenvalue weighted by Gasteiger charge is -2.26. The third-order valence-corrected chi connectivity index (χ3v) is 3.80. The molecule has 0 amide bonds. The Labute approximate surface area is 105 Å². The number of benzene rings is 1. The quantitative estimate of drug-likeness (QED) is 0.423. The fourth-order valence-electron chi connectivity index (χ4n) is 1.30. The zero-order chi connectivity index (χ0) is 12.6. The Kier molecular flexibility index (Phi) is 6.14. The largest absolute Gasteiger partial charge is 0.376 e. The number of ether oxygens (including phenoxy) is 2. The van der Waals surface area contributed by atoms with Crippen LogP contribution in [0.25, 0.3) is 6.08 Å². The monoisotopic (exact) mass is 252 g/mol. The van der Waals surface area contributed by atoms with Gasteiger partial charge in [0.2, 0.25) is 0 Å². The van der Waals surface area contributed by atoms with Gasteiger partial charge >= 0.3 is 0 Å². The van der Waals surface area contributed by atoms with Crippen LogP contribution in [0.2, 0.25) is 6.04 Å². The van der Waals surface area contributed by atoms with Crippen molar-refractivity contribution in [3.63, 3.8) is 0 Å². The molecule has 4 heteroatoms. The van der Waals surface area contributed by atoms with Crippen molar-refractivity contribution < 1.29 is 13.9 Å². The number of rotatable bonds is 7. The lowest BCUT2D eigenvalue weighted by atomic mass is 10.2. The smallest absolute Gasteiger partial charge is 0.269 e. The van der Waals surface area contributed by atoms with E-state index in [4.69, 9.17) is 13.9 Å². The van der Waals surface area contributed by atoms with Crippen molar-refractivity contribution in [2.45, 2.75) is 18.9 Å². The van der Waals surface area contributed by atoms with Crippen LogP contribution in [0.3, 0.4) is 0 Å². The van der Waals surface area contributed by atoms with E-state index in [1.165, 1.54) is 5.56 Å². The van der Waals surface area contributed by atoms with Crippen LogP contribution in [0, 0.1) is 0 Å². The molecule has 0 heterocycles. The average molecular weight is 252 g/mol. The van der Waals surface area contributed by atoms with Crippen LogP contribution in [0.4, 0.5) is 0 Å². The summed E-state index contributed by atoms with van der Waals surface area (Å²) in [6, 6.07) is 11.2. The van der Waals surface area contributed by atoms with Gasteiger partial charge in [-0.05, 0) is 11.6 Å². The standard InChI is InChI=1S/C13H20O3Si/c1-13(14-2,15-3)16-17-11-7-10-12-8-5-4-6-9-12/h4-10H,11,17H2,1-3H3. The molecule has 1 aromatic rings. The summed E-state index contributed by atoms with van der Waals surface area (Å²) >= 11 is 0. The Balaban J connectivity index is 2.27. The highest BCUT2D eigenvalue weighted by Crippen LogP contribution is 2.11. The topological polar surface area (TPSA) is 27.7 Å². The number of hydrogen-bond donors (Lipinski definition) is 0. The summed E-state index contributed by atoms with van der Waals surface area (Å²) in [5.41, 5.74) is 1.21. The molecular weight excluding hydrogens is 232 g/mol. The molecule has 0 aliphatic rings. The first kappa shape index (κ1) is 14.1. The van der Waals surface area contributed by atoms with Crippen LogP contribution >= 0.6 is 0 Å². The van der Waals surface area contributed by atoms with Gasteiger partial charge in [0.05, 0.1) is 0 Å². The molecule has 0 radical (unpaired) electrons. The molecule has 17 heavy (non-hydrogen) atoms. The molecule has 0 N–H and O–H groups in total. The summed E-state index contributed by atoms with van der Waals surface area (Å²) in [5, 5.41) is 0. The van der Waals surface area contributed by atoms with Crippen LogP contribution in [-0.4, -0.2) is 30.0 Å². The number of methoxy groups -OCH3 is 2. The first-order valence-corrected chi connectivity index (χ1v) is 7.24. The second-order valence-corrected chi connectivity index (χ2v) is 5.00. The van der Waals surface area contributed by atoms with Crippen molar-refractivity contribution in [1.29, 1.82) is 0 Å². The van der Waals surface area contributed by atoms with Crippen LogP contribution in [-0.2, 0) is 13.9 Å². The summed E-state index contributed by atoms with van der Waals surface area (Å²) in [6.07, 6.45) is 4.24. The van der Waals surface area contributed by atoms with E-state index in [1.807, 2.05) is 18.2 Å². The molecule has 0 saturated carbocycles. The van der Waals surface area contributed by atoms with Crippen molar-refractivity contribution in [1.82, 2.24) is 0 Å². The Morgan fingerprint density at radius 3 is 2.41 bits per heavy atom.